The van der Waals surface area contributed by atoms with Gasteiger partial charge in [0, 0.05) is 28.9 Å². The zero-order valence-electron chi connectivity index (χ0n) is 11.1. The molecule has 19 heavy (non-hydrogen) atoms. The highest BCUT2D eigenvalue weighted by molar-refractivity contribution is 9.10. The van der Waals surface area contributed by atoms with Crippen molar-refractivity contribution in [2.45, 2.75) is 26.8 Å². The van der Waals surface area contributed by atoms with E-state index in [1.807, 2.05) is 19.9 Å². The third kappa shape index (κ3) is 3.23. The van der Waals surface area contributed by atoms with E-state index in [1.165, 1.54) is 5.56 Å². The van der Waals surface area contributed by atoms with Crippen molar-refractivity contribution in [3.63, 3.8) is 0 Å². The van der Waals surface area contributed by atoms with Crippen LogP contribution < -0.4 is 10.1 Å². The van der Waals surface area contributed by atoms with Gasteiger partial charge in [-0.25, -0.2) is 0 Å². The second-order valence-electron chi connectivity index (χ2n) is 5.35. The average molecular weight is 347 g/mol. The molecule has 0 aromatic heterocycles. The number of hydrogen-bond acceptors (Lipinski definition) is 2. The van der Waals surface area contributed by atoms with Gasteiger partial charge in [0.25, 0.3) is 0 Å². The first-order valence-corrected chi connectivity index (χ1v) is 7.55. The van der Waals surface area contributed by atoms with Gasteiger partial charge in [0.05, 0.1) is 12.0 Å². The van der Waals surface area contributed by atoms with Gasteiger partial charge in [0.2, 0.25) is 5.91 Å². The topological polar surface area (TPSA) is 38.3 Å². The van der Waals surface area contributed by atoms with Crippen LogP contribution in [0.2, 0.25) is 0 Å². The molecule has 2 rings (SSSR count). The summed E-state index contributed by atoms with van der Waals surface area (Å²) in [6, 6.07) is 4.05. The number of fused-ring (bicyclic) bond motifs is 1. The minimum absolute atomic E-state index is 0.0470. The van der Waals surface area contributed by atoms with Crippen LogP contribution in [0.25, 0.3) is 0 Å². The number of carbonyl (C=O) groups excluding carboxylic acids is 1. The van der Waals surface area contributed by atoms with Crippen molar-refractivity contribution in [1.29, 1.82) is 0 Å². The van der Waals surface area contributed by atoms with Gasteiger partial charge in [-0.2, -0.15) is 0 Å². The van der Waals surface area contributed by atoms with E-state index in [0.29, 0.717) is 19.0 Å². The van der Waals surface area contributed by atoms with Gasteiger partial charge >= 0.3 is 0 Å². The van der Waals surface area contributed by atoms with Crippen molar-refractivity contribution in [1.82, 2.24) is 5.32 Å². The summed E-state index contributed by atoms with van der Waals surface area (Å²) >= 11 is 9.28. The Hall–Kier alpha value is -0.740. The van der Waals surface area contributed by atoms with Gasteiger partial charge in [-0.05, 0) is 31.5 Å². The van der Waals surface area contributed by atoms with E-state index in [4.69, 9.17) is 16.3 Å². The first-order valence-electron chi connectivity index (χ1n) is 6.22. The molecule has 5 heteroatoms. The molecule has 0 aliphatic carbocycles. The highest BCUT2D eigenvalue weighted by Gasteiger charge is 2.26. The Morgan fingerprint density at radius 2 is 2.26 bits per heavy atom. The Bertz CT molecular complexity index is 502. The lowest BCUT2D eigenvalue weighted by atomic mass is 9.95. The average Bonchev–Trinajstić information content (AvgIpc) is 2.83. The molecule has 1 amide bonds. The standard InChI is InChI=1S/C14H17BrClNO2/c1-14(2,8-16)13(18)17-7-10-6-11(15)5-9-3-4-19-12(9)10/h5-6H,3-4,7-8H2,1-2H3,(H,17,18). The van der Waals surface area contributed by atoms with Crippen LogP contribution in [0.1, 0.15) is 25.0 Å². The number of hydrogen-bond donors (Lipinski definition) is 1. The molecule has 0 atom stereocenters. The normalized spacial score (nSPS) is 13.9. The van der Waals surface area contributed by atoms with Gasteiger partial charge in [0.15, 0.2) is 0 Å². The molecule has 1 aromatic rings. The fraction of sp³-hybridized carbons (Fsp3) is 0.500. The number of benzene rings is 1. The number of halogens is 2. The maximum atomic E-state index is 12.0. The summed E-state index contributed by atoms with van der Waals surface area (Å²) in [6.07, 6.45) is 0.920. The number of carbonyl (C=O) groups is 1. The molecule has 0 saturated heterocycles. The fourth-order valence-corrected chi connectivity index (χ4v) is 2.63. The lowest BCUT2D eigenvalue weighted by Gasteiger charge is -2.20. The number of ether oxygens (including phenoxy) is 1. The lowest BCUT2D eigenvalue weighted by Crippen LogP contribution is -2.37. The molecule has 0 spiro atoms. The zero-order chi connectivity index (χ0) is 14.0. The van der Waals surface area contributed by atoms with E-state index in [0.717, 1.165) is 22.2 Å². The Morgan fingerprint density at radius 3 is 2.95 bits per heavy atom. The van der Waals surface area contributed by atoms with E-state index in [-0.39, 0.29) is 5.91 Å². The number of amides is 1. The molecule has 1 aromatic carbocycles. The van der Waals surface area contributed by atoms with Crippen molar-refractivity contribution >= 4 is 33.4 Å². The van der Waals surface area contributed by atoms with Crippen molar-refractivity contribution in [2.24, 2.45) is 5.41 Å². The summed E-state index contributed by atoms with van der Waals surface area (Å²) in [6.45, 7) is 4.83. The Morgan fingerprint density at radius 1 is 1.53 bits per heavy atom. The van der Waals surface area contributed by atoms with Gasteiger partial charge < -0.3 is 10.1 Å². The van der Waals surface area contributed by atoms with E-state index in [1.54, 1.807) is 0 Å². The van der Waals surface area contributed by atoms with Crippen molar-refractivity contribution < 1.29 is 9.53 Å². The molecular weight excluding hydrogens is 330 g/mol. The third-order valence-corrected chi connectivity index (χ3v) is 4.34. The van der Waals surface area contributed by atoms with Crippen LogP contribution in [-0.4, -0.2) is 18.4 Å². The van der Waals surface area contributed by atoms with Crippen molar-refractivity contribution in [2.75, 3.05) is 12.5 Å². The molecule has 0 unspecified atom stereocenters. The first-order chi connectivity index (χ1) is 8.94. The highest BCUT2D eigenvalue weighted by atomic mass is 79.9. The summed E-state index contributed by atoms with van der Waals surface area (Å²) in [5.41, 5.74) is 1.63. The minimum atomic E-state index is -0.558. The first kappa shape index (κ1) is 14.7. The lowest BCUT2D eigenvalue weighted by molar-refractivity contribution is -0.128. The number of alkyl halides is 1. The molecule has 1 aliphatic heterocycles. The smallest absolute Gasteiger partial charge is 0.227 e. The SMILES string of the molecule is CC(C)(CCl)C(=O)NCc1cc(Br)cc2c1OCC2. The molecule has 1 heterocycles. The van der Waals surface area contributed by atoms with E-state index in [2.05, 4.69) is 27.3 Å². The van der Waals surface area contributed by atoms with Crippen LogP contribution in [-0.2, 0) is 17.8 Å². The number of rotatable bonds is 4. The molecular formula is C14H17BrClNO2. The molecule has 0 radical (unpaired) electrons. The third-order valence-electron chi connectivity index (χ3n) is 3.21. The Balaban J connectivity index is 2.11. The minimum Gasteiger partial charge on any atom is -0.493 e. The number of nitrogens with one attached hydrogen (secondary N) is 1. The predicted octanol–water partition coefficient (Wildman–Crippen LogP) is 3.27. The van der Waals surface area contributed by atoms with Crippen molar-refractivity contribution in [3.8, 4) is 5.75 Å². The van der Waals surface area contributed by atoms with Crippen LogP contribution in [0.5, 0.6) is 5.75 Å². The van der Waals surface area contributed by atoms with Gasteiger partial charge in [0.1, 0.15) is 5.75 Å². The molecule has 3 nitrogen and oxygen atoms in total. The predicted molar refractivity (Wildman–Crippen MR) is 79.7 cm³/mol. The Labute approximate surface area is 126 Å². The summed E-state index contributed by atoms with van der Waals surface area (Å²) in [5, 5.41) is 2.92. The van der Waals surface area contributed by atoms with E-state index >= 15 is 0 Å². The summed E-state index contributed by atoms with van der Waals surface area (Å²) in [7, 11) is 0. The second-order valence-corrected chi connectivity index (χ2v) is 6.53. The van der Waals surface area contributed by atoms with Gasteiger partial charge in [-0.15, -0.1) is 11.6 Å². The molecule has 1 N–H and O–H groups in total. The summed E-state index contributed by atoms with van der Waals surface area (Å²) < 4.78 is 6.64. The van der Waals surface area contributed by atoms with Crippen LogP contribution >= 0.6 is 27.5 Å². The maximum Gasteiger partial charge on any atom is 0.227 e. The molecule has 0 fully saturated rings. The van der Waals surface area contributed by atoms with E-state index < -0.39 is 5.41 Å². The summed E-state index contributed by atoms with van der Waals surface area (Å²) in [4.78, 5) is 12.0. The van der Waals surface area contributed by atoms with Crippen LogP contribution in [0.3, 0.4) is 0 Å². The molecule has 0 saturated carbocycles. The molecule has 104 valence electrons. The molecule has 0 bridgehead atoms. The maximum absolute atomic E-state index is 12.0. The van der Waals surface area contributed by atoms with Crippen LogP contribution in [0.15, 0.2) is 16.6 Å². The van der Waals surface area contributed by atoms with Crippen molar-refractivity contribution in [3.05, 3.63) is 27.7 Å². The van der Waals surface area contributed by atoms with Crippen LogP contribution in [0, 0.1) is 5.41 Å². The Kier molecular flexibility index (Phi) is 4.41. The molecule has 1 aliphatic rings. The van der Waals surface area contributed by atoms with Crippen LogP contribution in [0.4, 0.5) is 0 Å². The fourth-order valence-electron chi connectivity index (χ4n) is 1.95. The van der Waals surface area contributed by atoms with E-state index in [9.17, 15) is 4.79 Å². The quantitative estimate of drug-likeness (QED) is 0.850. The summed E-state index contributed by atoms with van der Waals surface area (Å²) in [5.74, 6) is 1.16. The zero-order valence-corrected chi connectivity index (χ0v) is 13.4. The highest BCUT2D eigenvalue weighted by Crippen LogP contribution is 2.33. The monoisotopic (exact) mass is 345 g/mol. The second kappa shape index (κ2) is 5.71. The van der Waals surface area contributed by atoms with Gasteiger partial charge in [-0.3, -0.25) is 4.79 Å². The largest absolute Gasteiger partial charge is 0.493 e. The van der Waals surface area contributed by atoms with Gasteiger partial charge in [-0.1, -0.05) is 15.9 Å².